The first kappa shape index (κ1) is 15.6. The number of carbonyl (C=O) groups excluding carboxylic acids is 2. The van der Waals surface area contributed by atoms with E-state index in [0.717, 1.165) is 4.47 Å². The van der Waals surface area contributed by atoms with Gasteiger partial charge in [-0.05, 0) is 55.8 Å². The van der Waals surface area contributed by atoms with Crippen molar-refractivity contribution in [3.8, 4) is 0 Å². The first-order valence-electron chi connectivity index (χ1n) is 5.84. The molecule has 1 atom stereocenters. The zero-order valence-corrected chi connectivity index (χ0v) is 12.9. The van der Waals surface area contributed by atoms with Crippen molar-refractivity contribution in [2.45, 2.75) is 39.3 Å². The summed E-state index contributed by atoms with van der Waals surface area (Å²) in [6, 6.07) is 2.63. The highest BCUT2D eigenvalue weighted by atomic mass is 79.9. The molecule has 0 radical (unpaired) electrons. The zero-order chi connectivity index (χ0) is 14.6. The minimum Gasteiger partial charge on any atom is -0.444 e. The predicted octanol–water partition coefficient (Wildman–Crippen LogP) is 2.94. The average molecular weight is 329 g/mol. The van der Waals surface area contributed by atoms with Crippen molar-refractivity contribution < 1.29 is 14.3 Å². The molecule has 0 aliphatic heterocycles. The van der Waals surface area contributed by atoms with Crippen LogP contribution in [-0.2, 0) is 4.74 Å². The normalized spacial score (nSPS) is 12.7. The van der Waals surface area contributed by atoms with Gasteiger partial charge in [0, 0.05) is 10.7 Å². The Hall–Kier alpha value is -1.43. The van der Waals surface area contributed by atoms with Gasteiger partial charge < -0.3 is 10.1 Å². The Morgan fingerprint density at radius 2 is 2.00 bits per heavy atom. The summed E-state index contributed by atoms with van der Waals surface area (Å²) < 4.78 is 5.87. The molecule has 19 heavy (non-hydrogen) atoms. The molecule has 1 amide bonds. The first-order valence-corrected chi connectivity index (χ1v) is 6.63. The number of aromatic nitrogens is 1. The number of pyridine rings is 1. The van der Waals surface area contributed by atoms with E-state index >= 15 is 0 Å². The van der Waals surface area contributed by atoms with E-state index in [9.17, 15) is 9.59 Å². The maximum atomic E-state index is 12.0. The maximum Gasteiger partial charge on any atom is 0.408 e. The number of nitrogens with one attached hydrogen (secondary N) is 1. The van der Waals surface area contributed by atoms with Gasteiger partial charge in [-0.2, -0.15) is 0 Å². The molecule has 1 heterocycles. The summed E-state index contributed by atoms with van der Waals surface area (Å²) in [7, 11) is 0. The fourth-order valence-corrected chi connectivity index (χ4v) is 1.53. The number of alkyl carbamates (subject to hydrolysis) is 1. The molecule has 0 fully saturated rings. The van der Waals surface area contributed by atoms with Gasteiger partial charge in [-0.3, -0.25) is 9.78 Å². The highest BCUT2D eigenvalue weighted by Gasteiger charge is 2.22. The van der Waals surface area contributed by atoms with Gasteiger partial charge in [0.2, 0.25) is 5.78 Å². The van der Waals surface area contributed by atoms with Gasteiger partial charge >= 0.3 is 6.09 Å². The molecule has 0 spiro atoms. The maximum absolute atomic E-state index is 12.0. The summed E-state index contributed by atoms with van der Waals surface area (Å²) >= 11 is 3.24. The number of hydrogen-bond acceptors (Lipinski definition) is 4. The Morgan fingerprint density at radius 1 is 1.37 bits per heavy atom. The molecule has 1 aromatic rings. The fourth-order valence-electron chi connectivity index (χ4n) is 1.29. The van der Waals surface area contributed by atoms with Crippen LogP contribution in [0.4, 0.5) is 4.79 Å². The van der Waals surface area contributed by atoms with Crippen LogP contribution < -0.4 is 5.32 Å². The highest BCUT2D eigenvalue weighted by molar-refractivity contribution is 9.10. The van der Waals surface area contributed by atoms with Crippen LogP contribution >= 0.6 is 15.9 Å². The molecule has 0 aromatic carbocycles. The molecule has 1 unspecified atom stereocenters. The summed E-state index contributed by atoms with van der Waals surface area (Å²) in [5.41, 5.74) is -0.297. The Balaban J connectivity index is 2.63. The van der Waals surface area contributed by atoms with Crippen LogP contribution in [0.3, 0.4) is 0 Å². The van der Waals surface area contributed by atoms with Crippen LogP contribution in [0.1, 0.15) is 38.2 Å². The molecule has 104 valence electrons. The quantitative estimate of drug-likeness (QED) is 0.866. The minimum atomic E-state index is -0.691. The van der Waals surface area contributed by atoms with Crippen LogP contribution in [0.5, 0.6) is 0 Å². The van der Waals surface area contributed by atoms with Crippen molar-refractivity contribution >= 4 is 27.8 Å². The Morgan fingerprint density at radius 3 is 2.47 bits per heavy atom. The van der Waals surface area contributed by atoms with Gasteiger partial charge in [-0.25, -0.2) is 4.79 Å². The third-order valence-corrected chi connectivity index (χ3v) is 2.58. The van der Waals surface area contributed by atoms with Crippen LogP contribution in [0, 0.1) is 0 Å². The molecule has 1 rings (SSSR count). The standard InChI is InChI=1S/C13H17BrN2O3/c1-8(16-12(18)19-13(2,3)4)11(17)10-6-5-9(14)7-15-10/h5-8H,1-4H3,(H,16,18). The third kappa shape index (κ3) is 5.38. The van der Waals surface area contributed by atoms with E-state index < -0.39 is 17.7 Å². The van der Waals surface area contributed by atoms with Gasteiger partial charge in [0.25, 0.3) is 0 Å². The summed E-state index contributed by atoms with van der Waals surface area (Å²) in [4.78, 5) is 27.5. The fraction of sp³-hybridized carbons (Fsp3) is 0.462. The molecule has 5 nitrogen and oxygen atoms in total. The van der Waals surface area contributed by atoms with E-state index in [0.29, 0.717) is 5.69 Å². The number of nitrogens with zero attached hydrogens (tertiary/aromatic N) is 1. The average Bonchev–Trinajstić information content (AvgIpc) is 2.26. The number of carbonyl (C=O) groups is 2. The van der Waals surface area contributed by atoms with Gasteiger partial charge in [0.1, 0.15) is 11.3 Å². The third-order valence-electron chi connectivity index (χ3n) is 2.11. The Labute approximate surface area is 120 Å². The zero-order valence-electron chi connectivity index (χ0n) is 11.4. The second-order valence-corrected chi connectivity index (χ2v) is 6.01. The van der Waals surface area contributed by atoms with E-state index in [2.05, 4.69) is 26.2 Å². The van der Waals surface area contributed by atoms with Gasteiger partial charge in [0.15, 0.2) is 0 Å². The highest BCUT2D eigenvalue weighted by Crippen LogP contribution is 2.10. The second-order valence-electron chi connectivity index (χ2n) is 5.09. The largest absolute Gasteiger partial charge is 0.444 e. The molecule has 6 heteroatoms. The topological polar surface area (TPSA) is 68.3 Å². The van der Waals surface area contributed by atoms with Crippen LogP contribution in [0.15, 0.2) is 22.8 Å². The van der Waals surface area contributed by atoms with Crippen molar-refractivity contribution in [3.05, 3.63) is 28.5 Å². The SMILES string of the molecule is CC(NC(=O)OC(C)(C)C)C(=O)c1ccc(Br)cn1. The van der Waals surface area contributed by atoms with E-state index in [-0.39, 0.29) is 5.78 Å². The summed E-state index contributed by atoms with van der Waals surface area (Å²) in [5, 5.41) is 2.49. The Kier molecular flexibility index (Phi) is 5.05. The number of amides is 1. The van der Waals surface area contributed by atoms with E-state index in [4.69, 9.17) is 4.74 Å². The number of Topliss-reactive ketones (excluding diaryl/α,β-unsaturated/α-hetero) is 1. The van der Waals surface area contributed by atoms with Crippen LogP contribution in [0.2, 0.25) is 0 Å². The van der Waals surface area contributed by atoms with Crippen molar-refractivity contribution in [2.75, 3.05) is 0 Å². The van der Waals surface area contributed by atoms with Gasteiger partial charge in [-0.15, -0.1) is 0 Å². The van der Waals surface area contributed by atoms with Crippen molar-refractivity contribution in [3.63, 3.8) is 0 Å². The van der Waals surface area contributed by atoms with E-state index in [1.807, 2.05) is 0 Å². The first-order chi connectivity index (χ1) is 8.69. The number of ether oxygens (including phenoxy) is 1. The van der Waals surface area contributed by atoms with Crippen LogP contribution in [-0.4, -0.2) is 28.5 Å². The number of hydrogen-bond donors (Lipinski definition) is 1. The van der Waals surface area contributed by atoms with Gasteiger partial charge in [-0.1, -0.05) is 0 Å². The molecular weight excluding hydrogens is 312 g/mol. The molecule has 1 aromatic heterocycles. The molecule has 0 saturated carbocycles. The van der Waals surface area contributed by atoms with E-state index in [1.54, 1.807) is 39.8 Å². The van der Waals surface area contributed by atoms with Crippen molar-refractivity contribution in [1.29, 1.82) is 0 Å². The summed E-state index contributed by atoms with van der Waals surface area (Å²) in [6.07, 6.45) is 0.915. The number of ketones is 1. The lowest BCUT2D eigenvalue weighted by atomic mass is 10.1. The second kappa shape index (κ2) is 6.14. The lowest BCUT2D eigenvalue weighted by Crippen LogP contribution is -2.41. The minimum absolute atomic E-state index is 0.265. The smallest absolute Gasteiger partial charge is 0.408 e. The van der Waals surface area contributed by atoms with Crippen LogP contribution in [0.25, 0.3) is 0 Å². The molecule has 0 bridgehead atoms. The number of rotatable bonds is 3. The summed E-state index contributed by atoms with van der Waals surface area (Å²) in [6.45, 7) is 6.87. The summed E-state index contributed by atoms with van der Waals surface area (Å²) in [5.74, 6) is -0.265. The molecule has 1 N–H and O–H groups in total. The predicted molar refractivity (Wildman–Crippen MR) is 75.1 cm³/mol. The molecule has 0 saturated heterocycles. The lowest BCUT2D eigenvalue weighted by Gasteiger charge is -2.21. The molecular formula is C13H17BrN2O3. The van der Waals surface area contributed by atoms with Crippen molar-refractivity contribution in [2.24, 2.45) is 0 Å². The molecule has 0 aliphatic rings. The molecule has 0 aliphatic carbocycles. The number of halogens is 1. The van der Waals surface area contributed by atoms with Gasteiger partial charge in [0.05, 0.1) is 6.04 Å². The Bertz CT molecular complexity index is 466. The van der Waals surface area contributed by atoms with Crippen molar-refractivity contribution in [1.82, 2.24) is 10.3 Å². The monoisotopic (exact) mass is 328 g/mol. The van der Waals surface area contributed by atoms with E-state index in [1.165, 1.54) is 6.20 Å². The lowest BCUT2D eigenvalue weighted by molar-refractivity contribution is 0.0496.